The van der Waals surface area contributed by atoms with Crippen LogP contribution in [-0.2, 0) is 21.5 Å². The van der Waals surface area contributed by atoms with Crippen LogP contribution in [0.15, 0.2) is 48.5 Å². The molecule has 152 valence electrons. The number of nitrogens with zero attached hydrogens (tertiary/aromatic N) is 2. The van der Waals surface area contributed by atoms with Crippen molar-refractivity contribution in [2.45, 2.75) is 45.6 Å². The summed E-state index contributed by atoms with van der Waals surface area (Å²) in [6.07, 6.45) is 1.53. The summed E-state index contributed by atoms with van der Waals surface area (Å²) in [6.45, 7) is 8.80. The van der Waals surface area contributed by atoms with Gasteiger partial charge in [-0.1, -0.05) is 59.7 Å². The molecule has 0 bridgehead atoms. The van der Waals surface area contributed by atoms with Crippen LogP contribution in [0.2, 0.25) is 0 Å². The number of piperidine rings is 1. The number of hydrogen-bond acceptors (Lipinski definition) is 4. The fraction of sp³-hybridized carbons (Fsp3) is 0.440. The number of rotatable bonds is 6. The Morgan fingerprint density at radius 3 is 2.31 bits per heavy atom. The molecule has 4 nitrogen and oxygen atoms in total. The van der Waals surface area contributed by atoms with Gasteiger partial charge < -0.3 is 4.74 Å². The maximum atomic E-state index is 12.7. The topological polar surface area (TPSA) is 53.3 Å². The van der Waals surface area contributed by atoms with E-state index in [0.29, 0.717) is 6.61 Å². The summed E-state index contributed by atoms with van der Waals surface area (Å²) in [5.74, 6) is -1.19. The minimum absolute atomic E-state index is 0.292. The van der Waals surface area contributed by atoms with Gasteiger partial charge in [0.2, 0.25) is 0 Å². The van der Waals surface area contributed by atoms with E-state index in [4.69, 9.17) is 4.74 Å². The lowest BCUT2D eigenvalue weighted by Crippen LogP contribution is -2.49. The number of hydrogen-bond donors (Lipinski definition) is 0. The number of ether oxygens (including phenoxy) is 1. The lowest BCUT2D eigenvalue weighted by atomic mass is 9.64. The summed E-state index contributed by atoms with van der Waals surface area (Å²) in [5.41, 5.74) is 4.19. The van der Waals surface area contributed by atoms with Crippen LogP contribution in [0.3, 0.4) is 0 Å². The first-order valence-corrected chi connectivity index (χ1v) is 10.4. The highest BCUT2D eigenvalue weighted by Gasteiger charge is 2.47. The zero-order valence-electron chi connectivity index (χ0n) is 17.6. The first kappa shape index (κ1) is 21.1. The van der Waals surface area contributed by atoms with Crippen LogP contribution in [0.5, 0.6) is 0 Å². The molecule has 0 N–H and O–H groups in total. The molecule has 1 unspecified atom stereocenters. The molecule has 3 rings (SSSR count). The Hall–Kier alpha value is -2.64. The Morgan fingerprint density at radius 1 is 1.14 bits per heavy atom. The smallest absolute Gasteiger partial charge is 0.324 e. The lowest BCUT2D eigenvalue weighted by Gasteiger charge is -2.44. The van der Waals surface area contributed by atoms with Crippen molar-refractivity contribution in [3.63, 3.8) is 0 Å². The van der Waals surface area contributed by atoms with Gasteiger partial charge in [0, 0.05) is 12.0 Å². The number of aryl methyl sites for hydroxylation is 2. The summed E-state index contributed by atoms with van der Waals surface area (Å²) in [6, 6.07) is 19.2. The molecule has 0 aliphatic carbocycles. The average molecular weight is 391 g/mol. The summed E-state index contributed by atoms with van der Waals surface area (Å²) >= 11 is 0. The summed E-state index contributed by atoms with van der Waals surface area (Å²) in [5, 5.41) is 9.98. The van der Waals surface area contributed by atoms with E-state index >= 15 is 0 Å². The third-order valence-electron chi connectivity index (χ3n) is 6.00. The third kappa shape index (κ3) is 4.68. The quantitative estimate of drug-likeness (QED) is 0.680. The SMILES string of the molecule is CCOC(=O)C(C#N)C1(c2cc(C)cc(C)c2)CCN(Cc2ccccc2)CC1. The first-order chi connectivity index (χ1) is 14.0. The Bertz CT molecular complexity index is 857. The molecular weight excluding hydrogens is 360 g/mol. The van der Waals surface area contributed by atoms with E-state index in [9.17, 15) is 10.1 Å². The van der Waals surface area contributed by atoms with Crippen LogP contribution in [0.1, 0.15) is 42.0 Å². The zero-order valence-corrected chi connectivity index (χ0v) is 17.6. The number of carbonyl (C=O) groups is 1. The van der Waals surface area contributed by atoms with Gasteiger partial charge >= 0.3 is 5.97 Å². The summed E-state index contributed by atoms with van der Waals surface area (Å²) < 4.78 is 5.30. The maximum Gasteiger partial charge on any atom is 0.324 e. The fourth-order valence-electron chi connectivity index (χ4n) is 4.59. The predicted molar refractivity (Wildman–Crippen MR) is 114 cm³/mol. The predicted octanol–water partition coefficient (Wildman–Crippen LogP) is 4.54. The van der Waals surface area contributed by atoms with E-state index in [1.807, 2.05) is 6.07 Å². The van der Waals surface area contributed by atoms with Gasteiger partial charge in [-0.25, -0.2) is 0 Å². The second kappa shape index (κ2) is 9.24. The molecule has 1 aliphatic rings. The Morgan fingerprint density at radius 2 is 1.76 bits per heavy atom. The van der Waals surface area contributed by atoms with Gasteiger partial charge in [0.25, 0.3) is 0 Å². The van der Waals surface area contributed by atoms with E-state index in [1.54, 1.807) is 6.92 Å². The Kier molecular flexibility index (Phi) is 6.71. The Labute approximate surface area is 174 Å². The van der Waals surface area contributed by atoms with Crippen LogP contribution in [-0.4, -0.2) is 30.6 Å². The second-order valence-corrected chi connectivity index (χ2v) is 8.11. The molecule has 0 saturated carbocycles. The second-order valence-electron chi connectivity index (χ2n) is 8.11. The molecule has 0 radical (unpaired) electrons. The number of likely N-dealkylation sites (tertiary alicyclic amines) is 1. The molecular formula is C25H30N2O2. The molecule has 1 atom stereocenters. The summed E-state index contributed by atoms with van der Waals surface area (Å²) in [4.78, 5) is 15.1. The van der Waals surface area contributed by atoms with Crippen LogP contribution < -0.4 is 0 Å². The van der Waals surface area contributed by atoms with E-state index in [0.717, 1.165) is 49.2 Å². The van der Waals surface area contributed by atoms with Gasteiger partial charge in [0.1, 0.15) is 0 Å². The molecule has 0 spiro atoms. The van der Waals surface area contributed by atoms with Crippen molar-refractivity contribution in [2.75, 3.05) is 19.7 Å². The highest BCUT2D eigenvalue weighted by molar-refractivity contribution is 5.77. The van der Waals surface area contributed by atoms with Crippen molar-refractivity contribution in [1.29, 1.82) is 5.26 Å². The highest BCUT2D eigenvalue weighted by atomic mass is 16.5. The molecule has 1 fully saturated rings. The Balaban J connectivity index is 1.91. The van der Waals surface area contributed by atoms with Crippen molar-refractivity contribution in [2.24, 2.45) is 5.92 Å². The molecule has 0 amide bonds. The molecule has 2 aromatic rings. The van der Waals surface area contributed by atoms with Crippen molar-refractivity contribution in [3.05, 3.63) is 70.8 Å². The zero-order chi connectivity index (χ0) is 20.9. The van der Waals surface area contributed by atoms with Crippen LogP contribution in [0, 0.1) is 31.1 Å². The number of carbonyl (C=O) groups excluding carboxylic acids is 1. The van der Waals surface area contributed by atoms with Gasteiger partial charge in [-0.3, -0.25) is 9.69 Å². The van der Waals surface area contributed by atoms with Gasteiger partial charge in [0.15, 0.2) is 5.92 Å². The van der Waals surface area contributed by atoms with Crippen molar-refractivity contribution in [3.8, 4) is 6.07 Å². The van der Waals surface area contributed by atoms with E-state index in [1.165, 1.54) is 5.56 Å². The van der Waals surface area contributed by atoms with Crippen LogP contribution >= 0.6 is 0 Å². The molecule has 4 heteroatoms. The third-order valence-corrected chi connectivity index (χ3v) is 6.00. The van der Waals surface area contributed by atoms with Crippen molar-refractivity contribution in [1.82, 2.24) is 4.90 Å². The van der Waals surface area contributed by atoms with Crippen LogP contribution in [0.25, 0.3) is 0 Å². The number of benzene rings is 2. The minimum Gasteiger partial charge on any atom is -0.465 e. The molecule has 1 saturated heterocycles. The first-order valence-electron chi connectivity index (χ1n) is 10.4. The van der Waals surface area contributed by atoms with E-state index in [-0.39, 0.29) is 0 Å². The lowest BCUT2D eigenvalue weighted by molar-refractivity contribution is -0.149. The highest BCUT2D eigenvalue weighted by Crippen LogP contribution is 2.43. The largest absolute Gasteiger partial charge is 0.465 e. The van der Waals surface area contributed by atoms with E-state index in [2.05, 4.69) is 67.3 Å². The molecule has 2 aromatic carbocycles. The summed E-state index contributed by atoms with van der Waals surface area (Å²) in [7, 11) is 0. The van der Waals surface area contributed by atoms with Crippen molar-refractivity contribution >= 4 is 5.97 Å². The fourth-order valence-corrected chi connectivity index (χ4v) is 4.59. The molecule has 1 heterocycles. The van der Waals surface area contributed by atoms with Gasteiger partial charge in [-0.15, -0.1) is 0 Å². The van der Waals surface area contributed by atoms with Gasteiger partial charge in [-0.05, 0) is 57.8 Å². The van der Waals surface area contributed by atoms with Crippen LogP contribution in [0.4, 0.5) is 0 Å². The minimum atomic E-state index is -0.789. The van der Waals surface area contributed by atoms with E-state index < -0.39 is 17.3 Å². The van der Waals surface area contributed by atoms with Crippen molar-refractivity contribution < 1.29 is 9.53 Å². The van der Waals surface area contributed by atoms with Gasteiger partial charge in [-0.2, -0.15) is 5.26 Å². The average Bonchev–Trinajstić information content (AvgIpc) is 2.70. The molecule has 29 heavy (non-hydrogen) atoms. The maximum absolute atomic E-state index is 12.7. The number of nitriles is 1. The standard InChI is InChI=1S/C25H30N2O2/c1-4-29-24(28)23(17-26)25(22-15-19(2)14-20(3)16-22)10-12-27(13-11-25)18-21-8-6-5-7-9-21/h5-9,14-16,23H,4,10-13,18H2,1-3H3. The van der Waals surface area contributed by atoms with Gasteiger partial charge in [0.05, 0.1) is 12.7 Å². The number of esters is 1. The normalized spacial score (nSPS) is 17.3. The monoisotopic (exact) mass is 390 g/mol. The molecule has 1 aliphatic heterocycles. The molecule has 0 aromatic heterocycles.